The van der Waals surface area contributed by atoms with Crippen LogP contribution in [0.3, 0.4) is 0 Å². The maximum atomic E-state index is 4.97. The van der Waals surface area contributed by atoms with Crippen molar-refractivity contribution < 1.29 is 9.47 Å². The van der Waals surface area contributed by atoms with Gasteiger partial charge in [0.25, 0.3) is 0 Å². The first-order chi connectivity index (χ1) is 3.71. The lowest BCUT2D eigenvalue weighted by Crippen LogP contribution is -2.32. The van der Waals surface area contributed by atoms with Crippen LogP contribution in [0.5, 0.6) is 0 Å². The molecule has 0 radical (unpaired) electrons. The number of halogens is 2. The van der Waals surface area contributed by atoms with Crippen LogP contribution in [-0.4, -0.2) is 23.2 Å². The molecular formula is C4H6Br2O2. The highest BCUT2D eigenvalue weighted by Crippen LogP contribution is 2.28. The molecule has 4 heteroatoms. The number of ether oxygens (including phenoxy) is 2. The standard InChI is InChI=1S/C4H6Br2O2/c5-4(6)1-7-3-8-2-4/h1-3H2. The van der Waals surface area contributed by atoms with E-state index in [1.165, 1.54) is 0 Å². The highest BCUT2D eigenvalue weighted by Gasteiger charge is 2.26. The molecule has 1 aliphatic rings. The molecule has 0 saturated carbocycles. The van der Waals surface area contributed by atoms with Crippen LogP contribution in [0, 0.1) is 0 Å². The molecule has 0 aromatic rings. The van der Waals surface area contributed by atoms with Gasteiger partial charge in [0.2, 0.25) is 0 Å². The topological polar surface area (TPSA) is 18.5 Å². The van der Waals surface area contributed by atoms with E-state index in [0.717, 1.165) is 0 Å². The van der Waals surface area contributed by atoms with Gasteiger partial charge < -0.3 is 9.47 Å². The van der Waals surface area contributed by atoms with E-state index >= 15 is 0 Å². The van der Waals surface area contributed by atoms with Crippen LogP contribution in [0.1, 0.15) is 0 Å². The lowest BCUT2D eigenvalue weighted by Gasteiger charge is -2.24. The Hall–Kier alpha value is 0.880. The van der Waals surface area contributed by atoms with Gasteiger partial charge in [0.15, 0.2) is 0 Å². The molecule has 0 bridgehead atoms. The lowest BCUT2D eigenvalue weighted by atomic mass is 10.5. The summed E-state index contributed by atoms with van der Waals surface area (Å²) in [7, 11) is 0. The van der Waals surface area contributed by atoms with E-state index in [4.69, 9.17) is 9.47 Å². The van der Waals surface area contributed by atoms with E-state index in [1.54, 1.807) is 0 Å². The first kappa shape index (κ1) is 6.99. The Morgan fingerprint density at radius 2 is 1.62 bits per heavy atom. The van der Waals surface area contributed by atoms with Gasteiger partial charge in [0.1, 0.15) is 10.0 Å². The second kappa shape index (κ2) is 2.64. The summed E-state index contributed by atoms with van der Waals surface area (Å²) in [4.78, 5) is 0. The minimum absolute atomic E-state index is 0.141. The monoisotopic (exact) mass is 244 g/mol. The average Bonchev–Trinajstić information content (AvgIpc) is 1.65. The molecule has 48 valence electrons. The summed E-state index contributed by atoms with van der Waals surface area (Å²) in [5.74, 6) is 0. The molecule has 0 aromatic carbocycles. The zero-order valence-corrected chi connectivity index (χ0v) is 7.37. The van der Waals surface area contributed by atoms with E-state index in [0.29, 0.717) is 20.0 Å². The van der Waals surface area contributed by atoms with Crippen molar-refractivity contribution in [2.45, 2.75) is 3.23 Å². The summed E-state index contributed by atoms with van der Waals surface area (Å²) in [5.41, 5.74) is 0. The number of hydrogen-bond acceptors (Lipinski definition) is 2. The van der Waals surface area contributed by atoms with Crippen molar-refractivity contribution in [3.8, 4) is 0 Å². The van der Waals surface area contributed by atoms with Crippen molar-refractivity contribution >= 4 is 31.9 Å². The van der Waals surface area contributed by atoms with Crippen molar-refractivity contribution in [2.75, 3.05) is 20.0 Å². The molecule has 0 atom stereocenters. The highest BCUT2D eigenvalue weighted by atomic mass is 79.9. The van der Waals surface area contributed by atoms with Crippen molar-refractivity contribution in [2.24, 2.45) is 0 Å². The fraction of sp³-hybridized carbons (Fsp3) is 1.00. The van der Waals surface area contributed by atoms with E-state index in [-0.39, 0.29) is 3.23 Å². The van der Waals surface area contributed by atoms with Gasteiger partial charge in [0, 0.05) is 0 Å². The Kier molecular flexibility index (Phi) is 2.31. The molecule has 1 saturated heterocycles. The zero-order chi connectivity index (χ0) is 6.04. The van der Waals surface area contributed by atoms with Crippen molar-refractivity contribution in [3.05, 3.63) is 0 Å². The molecule has 1 heterocycles. The third kappa shape index (κ3) is 2.01. The summed E-state index contributed by atoms with van der Waals surface area (Å²) in [5, 5.41) is 0. The van der Waals surface area contributed by atoms with Crippen molar-refractivity contribution in [1.82, 2.24) is 0 Å². The molecule has 1 fully saturated rings. The van der Waals surface area contributed by atoms with Gasteiger partial charge in [-0.25, -0.2) is 0 Å². The predicted octanol–water partition coefficient (Wildman–Crippen LogP) is 1.48. The Morgan fingerprint density at radius 1 is 1.12 bits per heavy atom. The van der Waals surface area contributed by atoms with Gasteiger partial charge in [-0.15, -0.1) is 0 Å². The average molecular weight is 246 g/mol. The van der Waals surface area contributed by atoms with E-state index in [2.05, 4.69) is 31.9 Å². The summed E-state index contributed by atoms with van der Waals surface area (Å²) in [6.45, 7) is 1.74. The van der Waals surface area contributed by atoms with Crippen molar-refractivity contribution in [3.63, 3.8) is 0 Å². The molecule has 0 spiro atoms. The first-order valence-electron chi connectivity index (χ1n) is 2.24. The lowest BCUT2D eigenvalue weighted by molar-refractivity contribution is -0.0960. The smallest absolute Gasteiger partial charge is 0.146 e. The first-order valence-corrected chi connectivity index (χ1v) is 3.83. The maximum Gasteiger partial charge on any atom is 0.146 e. The van der Waals surface area contributed by atoms with E-state index < -0.39 is 0 Å². The van der Waals surface area contributed by atoms with E-state index in [9.17, 15) is 0 Å². The fourth-order valence-corrected chi connectivity index (χ4v) is 1.13. The number of rotatable bonds is 0. The van der Waals surface area contributed by atoms with Crippen LogP contribution in [-0.2, 0) is 9.47 Å². The molecule has 2 nitrogen and oxygen atoms in total. The molecular weight excluding hydrogens is 240 g/mol. The van der Waals surface area contributed by atoms with Crippen molar-refractivity contribution in [1.29, 1.82) is 0 Å². The summed E-state index contributed by atoms with van der Waals surface area (Å²) >= 11 is 6.72. The summed E-state index contributed by atoms with van der Waals surface area (Å²) in [6, 6.07) is 0. The normalized spacial score (nSPS) is 27.8. The Balaban J connectivity index is 2.33. The molecule has 0 unspecified atom stereocenters. The maximum absolute atomic E-state index is 4.97. The van der Waals surface area contributed by atoms with Crippen LogP contribution in [0.15, 0.2) is 0 Å². The molecule has 0 N–H and O–H groups in total. The van der Waals surface area contributed by atoms with Gasteiger partial charge in [-0.1, -0.05) is 31.9 Å². The minimum atomic E-state index is -0.141. The predicted molar refractivity (Wildman–Crippen MR) is 37.4 cm³/mol. The summed E-state index contributed by atoms with van der Waals surface area (Å²) in [6.07, 6.45) is 0. The van der Waals surface area contributed by atoms with Gasteiger partial charge in [0.05, 0.1) is 13.2 Å². The largest absolute Gasteiger partial charge is 0.353 e. The van der Waals surface area contributed by atoms with Gasteiger partial charge >= 0.3 is 0 Å². The third-order valence-electron chi connectivity index (χ3n) is 0.793. The van der Waals surface area contributed by atoms with Crippen LogP contribution in [0.2, 0.25) is 0 Å². The molecule has 8 heavy (non-hydrogen) atoms. The van der Waals surface area contributed by atoms with E-state index in [1.807, 2.05) is 0 Å². The Morgan fingerprint density at radius 3 is 1.88 bits per heavy atom. The summed E-state index contributed by atoms with van der Waals surface area (Å²) < 4.78 is 9.80. The number of alkyl halides is 2. The van der Waals surface area contributed by atoms with Crippen LogP contribution >= 0.6 is 31.9 Å². The Labute approximate surface area is 64.8 Å². The molecule has 1 aliphatic heterocycles. The van der Waals surface area contributed by atoms with Crippen LogP contribution < -0.4 is 0 Å². The Bertz CT molecular complexity index is 76.1. The second-order valence-electron chi connectivity index (χ2n) is 1.67. The molecule has 0 aliphatic carbocycles. The highest BCUT2D eigenvalue weighted by molar-refractivity contribution is 9.25. The fourth-order valence-electron chi connectivity index (χ4n) is 0.483. The van der Waals surface area contributed by atoms with Crippen LogP contribution in [0.25, 0.3) is 0 Å². The SMILES string of the molecule is BrC1(Br)COCOC1. The van der Waals surface area contributed by atoms with Crippen LogP contribution in [0.4, 0.5) is 0 Å². The van der Waals surface area contributed by atoms with Gasteiger partial charge in [-0.3, -0.25) is 0 Å². The molecule has 1 rings (SSSR count). The van der Waals surface area contributed by atoms with Gasteiger partial charge in [-0.2, -0.15) is 0 Å². The quantitative estimate of drug-likeness (QED) is 0.602. The number of hydrogen-bond donors (Lipinski definition) is 0. The zero-order valence-electron chi connectivity index (χ0n) is 4.19. The van der Waals surface area contributed by atoms with Gasteiger partial charge in [-0.05, 0) is 0 Å². The third-order valence-corrected chi connectivity index (χ3v) is 1.71. The molecule has 0 amide bonds. The molecule has 0 aromatic heterocycles. The minimum Gasteiger partial charge on any atom is -0.353 e. The second-order valence-corrected chi connectivity index (χ2v) is 5.77.